The monoisotopic (exact) mass is 460 g/mol. The molecule has 1 fully saturated rings. The van der Waals surface area contributed by atoms with Crippen LogP contribution in [0.25, 0.3) is 6.08 Å². The summed E-state index contributed by atoms with van der Waals surface area (Å²) in [4.78, 5) is 47.8. The van der Waals surface area contributed by atoms with Crippen LogP contribution in [0.4, 0.5) is 20.6 Å². The number of para-hydroxylation sites is 1. The smallest absolute Gasteiger partial charge is 0.294 e. The third kappa shape index (κ3) is 4.86. The van der Waals surface area contributed by atoms with E-state index in [9.17, 15) is 34.0 Å². The average Bonchev–Trinajstić information content (AvgIpc) is 2.99. The third-order valence-corrected chi connectivity index (χ3v) is 5.08. The van der Waals surface area contributed by atoms with Gasteiger partial charge in [0.05, 0.1) is 22.1 Å². The molecule has 0 spiro atoms. The molecule has 1 N–H and O–H groups in total. The summed E-state index contributed by atoms with van der Waals surface area (Å²) in [6.45, 7) is 1.03. The first-order chi connectivity index (χ1) is 15.2. The Labute approximate surface area is 184 Å². The van der Waals surface area contributed by atoms with Crippen molar-refractivity contribution in [2.45, 2.75) is 6.92 Å². The molecule has 10 nitrogen and oxygen atoms in total. The lowest BCUT2D eigenvalue weighted by Crippen LogP contribution is -2.36. The topological polar surface area (TPSA) is 142 Å². The fourth-order valence-electron chi connectivity index (χ4n) is 2.77. The van der Waals surface area contributed by atoms with Gasteiger partial charge < -0.3 is 15.2 Å². The Morgan fingerprint density at radius 2 is 2.03 bits per heavy atom. The van der Waals surface area contributed by atoms with Crippen LogP contribution in [0.5, 0.6) is 11.5 Å². The van der Waals surface area contributed by atoms with E-state index in [0.29, 0.717) is 16.7 Å². The first-order valence-electron chi connectivity index (χ1n) is 9.13. The molecule has 3 amide bonds. The number of thioether (sulfide) groups is 1. The lowest BCUT2D eigenvalue weighted by Gasteiger charge is -2.15. The van der Waals surface area contributed by atoms with E-state index in [-0.39, 0.29) is 28.5 Å². The van der Waals surface area contributed by atoms with Crippen molar-refractivity contribution in [3.05, 3.63) is 62.8 Å². The molecule has 2 aromatic carbocycles. The molecule has 12 heteroatoms. The SMILES string of the molecule is CCOc1cc(/C=C2\SC(=O)N(CC(=O)Nc3ccccc3F)C2=O)cc([N+](=O)[O-])c1[O-]. The number of anilines is 1. The molecule has 166 valence electrons. The van der Waals surface area contributed by atoms with Gasteiger partial charge >= 0.3 is 0 Å². The van der Waals surface area contributed by atoms with Crippen LogP contribution in [-0.4, -0.2) is 40.0 Å². The van der Waals surface area contributed by atoms with Crippen molar-refractivity contribution in [3.8, 4) is 11.5 Å². The van der Waals surface area contributed by atoms with Gasteiger partial charge in [-0.3, -0.25) is 29.4 Å². The van der Waals surface area contributed by atoms with Gasteiger partial charge in [-0.2, -0.15) is 0 Å². The van der Waals surface area contributed by atoms with Crippen molar-refractivity contribution in [1.82, 2.24) is 4.90 Å². The highest BCUT2D eigenvalue weighted by Gasteiger charge is 2.36. The molecule has 1 saturated heterocycles. The van der Waals surface area contributed by atoms with Crippen LogP contribution in [0.1, 0.15) is 12.5 Å². The minimum Gasteiger partial charge on any atom is -0.865 e. The number of hydrogen-bond acceptors (Lipinski definition) is 8. The first-order valence-corrected chi connectivity index (χ1v) is 9.95. The van der Waals surface area contributed by atoms with Crippen molar-refractivity contribution in [2.75, 3.05) is 18.5 Å². The van der Waals surface area contributed by atoms with Crippen LogP contribution >= 0.6 is 11.8 Å². The molecule has 1 aliphatic rings. The summed E-state index contributed by atoms with van der Waals surface area (Å²) in [5.74, 6) is -3.45. The number of ether oxygens (including phenoxy) is 1. The van der Waals surface area contributed by atoms with Gasteiger partial charge in [0.25, 0.3) is 16.8 Å². The van der Waals surface area contributed by atoms with Gasteiger partial charge in [-0.15, -0.1) is 0 Å². The van der Waals surface area contributed by atoms with E-state index < -0.39 is 45.8 Å². The summed E-state index contributed by atoms with van der Waals surface area (Å²) in [6, 6.07) is 7.59. The quantitative estimate of drug-likeness (QED) is 0.378. The average molecular weight is 460 g/mol. The molecule has 1 aliphatic heterocycles. The molecular weight excluding hydrogens is 445 g/mol. The van der Waals surface area contributed by atoms with E-state index in [1.165, 1.54) is 30.3 Å². The van der Waals surface area contributed by atoms with E-state index >= 15 is 0 Å². The van der Waals surface area contributed by atoms with Crippen molar-refractivity contribution >= 4 is 46.3 Å². The summed E-state index contributed by atoms with van der Waals surface area (Å²) < 4.78 is 18.8. The molecule has 0 aromatic heterocycles. The first kappa shape index (κ1) is 22.7. The number of nitrogens with zero attached hydrogens (tertiary/aromatic N) is 2. The molecule has 0 bridgehead atoms. The van der Waals surface area contributed by atoms with Gasteiger partial charge in [0.1, 0.15) is 18.1 Å². The highest BCUT2D eigenvalue weighted by molar-refractivity contribution is 8.18. The Balaban J connectivity index is 1.81. The zero-order chi connectivity index (χ0) is 23.4. The van der Waals surface area contributed by atoms with Gasteiger partial charge in [0.2, 0.25) is 5.91 Å². The summed E-state index contributed by atoms with van der Waals surface area (Å²) in [6.07, 6.45) is 1.19. The van der Waals surface area contributed by atoms with E-state index in [0.717, 1.165) is 12.1 Å². The number of imide groups is 1. The zero-order valence-corrected chi connectivity index (χ0v) is 17.3. The number of benzene rings is 2. The summed E-state index contributed by atoms with van der Waals surface area (Å²) in [7, 11) is 0. The zero-order valence-electron chi connectivity index (χ0n) is 16.5. The largest absolute Gasteiger partial charge is 0.865 e. The van der Waals surface area contributed by atoms with Crippen LogP contribution in [0.2, 0.25) is 0 Å². The Morgan fingerprint density at radius 3 is 2.69 bits per heavy atom. The van der Waals surface area contributed by atoms with Crippen LogP contribution in [0.3, 0.4) is 0 Å². The fourth-order valence-corrected chi connectivity index (χ4v) is 3.61. The molecule has 32 heavy (non-hydrogen) atoms. The van der Waals surface area contributed by atoms with Gasteiger partial charge in [0.15, 0.2) is 0 Å². The van der Waals surface area contributed by atoms with E-state index in [1.54, 1.807) is 6.92 Å². The van der Waals surface area contributed by atoms with E-state index in [4.69, 9.17) is 4.74 Å². The minimum atomic E-state index is -0.910. The highest BCUT2D eigenvalue weighted by Crippen LogP contribution is 2.38. The Bertz CT molecular complexity index is 1150. The molecule has 2 aromatic rings. The number of carbonyl (C=O) groups is 3. The Hall–Kier alpha value is -3.93. The van der Waals surface area contributed by atoms with Gasteiger partial charge in [-0.05, 0) is 48.5 Å². The molecule has 0 radical (unpaired) electrons. The van der Waals surface area contributed by atoms with Crippen molar-refractivity contribution in [2.24, 2.45) is 0 Å². The van der Waals surface area contributed by atoms with Gasteiger partial charge in [-0.25, -0.2) is 4.39 Å². The maximum absolute atomic E-state index is 13.7. The number of nitro benzene ring substituents is 1. The predicted molar refractivity (Wildman–Crippen MR) is 111 cm³/mol. The summed E-state index contributed by atoms with van der Waals surface area (Å²) >= 11 is 0.521. The number of nitro groups is 1. The Morgan fingerprint density at radius 1 is 1.31 bits per heavy atom. The van der Waals surface area contributed by atoms with Crippen molar-refractivity contribution in [1.29, 1.82) is 0 Å². The van der Waals surface area contributed by atoms with Crippen LogP contribution in [0.15, 0.2) is 41.3 Å². The second-order valence-electron chi connectivity index (χ2n) is 6.35. The molecule has 0 atom stereocenters. The maximum atomic E-state index is 13.7. The number of rotatable bonds is 7. The van der Waals surface area contributed by atoms with Crippen molar-refractivity contribution in [3.63, 3.8) is 0 Å². The molecular formula is C20H15FN3O7S-. The number of halogens is 1. The molecule has 0 unspecified atom stereocenters. The minimum absolute atomic E-state index is 0.0868. The van der Waals surface area contributed by atoms with Crippen molar-refractivity contribution < 1.29 is 33.5 Å². The second-order valence-corrected chi connectivity index (χ2v) is 7.35. The number of hydrogen-bond donors (Lipinski definition) is 1. The fraction of sp³-hybridized carbons (Fsp3) is 0.150. The normalized spacial score (nSPS) is 14.7. The van der Waals surface area contributed by atoms with E-state index in [1.807, 2.05) is 0 Å². The second kappa shape index (κ2) is 9.47. The van der Waals surface area contributed by atoms with Gasteiger partial charge in [0, 0.05) is 11.8 Å². The molecule has 1 heterocycles. The molecule has 3 rings (SSSR count). The lowest BCUT2D eigenvalue weighted by atomic mass is 10.1. The number of amides is 3. The van der Waals surface area contributed by atoms with Crippen LogP contribution in [-0.2, 0) is 9.59 Å². The maximum Gasteiger partial charge on any atom is 0.294 e. The predicted octanol–water partition coefficient (Wildman–Crippen LogP) is 2.88. The molecule has 0 aliphatic carbocycles. The summed E-state index contributed by atoms with van der Waals surface area (Å²) in [5, 5.41) is 24.7. The Kier molecular flexibility index (Phi) is 6.73. The lowest BCUT2D eigenvalue weighted by molar-refractivity contribution is -0.398. The van der Waals surface area contributed by atoms with Crippen LogP contribution in [0, 0.1) is 15.9 Å². The third-order valence-electron chi connectivity index (χ3n) is 4.18. The number of carbonyl (C=O) groups excluding carboxylic acids is 3. The standard InChI is InChI=1S/C20H16FN3O7S/c1-2-31-15-8-11(7-14(18(15)26)24(29)30)9-16-19(27)23(20(28)32-16)10-17(25)22-13-6-4-3-5-12(13)21/h3-9,26H,2,10H2,1H3,(H,22,25)/p-1/b16-9-. The summed E-state index contributed by atoms with van der Waals surface area (Å²) in [5.41, 5.74) is -0.750. The molecule has 0 saturated carbocycles. The van der Waals surface area contributed by atoms with Gasteiger partial charge in [-0.1, -0.05) is 12.1 Å². The van der Waals surface area contributed by atoms with Crippen LogP contribution < -0.4 is 15.2 Å². The van der Waals surface area contributed by atoms with E-state index in [2.05, 4.69) is 5.32 Å². The highest BCUT2D eigenvalue weighted by atomic mass is 32.2. The number of nitrogens with one attached hydrogen (secondary N) is 1.